The first-order valence-electron chi connectivity index (χ1n) is 4.93. The largest absolute Gasteiger partial charge is 0.311 e. The molecule has 1 amide bonds. The Bertz CT molecular complexity index is 452. The summed E-state index contributed by atoms with van der Waals surface area (Å²) < 4.78 is 13.9. The second-order valence-corrected chi connectivity index (χ2v) is 5.50. The summed E-state index contributed by atoms with van der Waals surface area (Å²) in [7, 11) is 0. The molecule has 1 fully saturated rings. The van der Waals surface area contributed by atoms with Gasteiger partial charge >= 0.3 is 0 Å². The molecule has 16 heavy (non-hydrogen) atoms. The van der Waals surface area contributed by atoms with Crippen LogP contribution in [0.2, 0.25) is 0 Å². The first-order valence-corrected chi connectivity index (χ1v) is 6.24. The fourth-order valence-corrected chi connectivity index (χ4v) is 2.63. The third-order valence-corrected chi connectivity index (χ3v) is 3.59. The van der Waals surface area contributed by atoms with E-state index >= 15 is 0 Å². The van der Waals surface area contributed by atoms with E-state index in [4.69, 9.17) is 0 Å². The van der Waals surface area contributed by atoms with Crippen LogP contribution in [-0.2, 0) is 4.79 Å². The summed E-state index contributed by atoms with van der Waals surface area (Å²) >= 11 is 7.40. The molecule has 5 heteroatoms. The van der Waals surface area contributed by atoms with Crippen molar-refractivity contribution in [1.82, 2.24) is 0 Å². The normalized spacial score (nSPS) is 20.6. The topological polar surface area (TPSA) is 20.3 Å². The highest BCUT2D eigenvalue weighted by Crippen LogP contribution is 2.30. The monoisotopic (exact) mass is 303 g/mol. The Morgan fingerprint density at radius 1 is 1.56 bits per heavy atom. The Labute approximate surface area is 107 Å². The zero-order valence-corrected chi connectivity index (χ0v) is 11.2. The molecule has 1 saturated heterocycles. The van der Waals surface area contributed by atoms with E-state index in [-0.39, 0.29) is 17.0 Å². The summed E-state index contributed by atoms with van der Waals surface area (Å²) in [5, 5.41) is 0.0404. The maximum absolute atomic E-state index is 13.4. The number of rotatable bonds is 1. The zero-order valence-electron chi connectivity index (χ0n) is 8.70. The lowest BCUT2D eigenvalue weighted by Crippen LogP contribution is -2.25. The highest BCUT2D eigenvalue weighted by Gasteiger charge is 2.29. The molecular weight excluding hydrogens is 293 g/mol. The minimum Gasteiger partial charge on any atom is -0.311 e. The van der Waals surface area contributed by atoms with Gasteiger partial charge in [0.05, 0.1) is 4.47 Å². The molecule has 1 aromatic carbocycles. The van der Waals surface area contributed by atoms with Crippen LogP contribution in [0.1, 0.15) is 12.0 Å². The number of hydrogen-bond acceptors (Lipinski definition) is 2. The predicted molar refractivity (Wildman–Crippen MR) is 68.6 cm³/mol. The van der Waals surface area contributed by atoms with E-state index in [0.29, 0.717) is 23.1 Å². The van der Waals surface area contributed by atoms with Crippen LogP contribution in [0.5, 0.6) is 0 Å². The Hall–Kier alpha value is -0.550. The van der Waals surface area contributed by atoms with Crippen molar-refractivity contribution in [2.24, 2.45) is 0 Å². The molecule has 1 aliphatic heterocycles. The highest BCUT2D eigenvalue weighted by molar-refractivity contribution is 9.10. The minimum atomic E-state index is -0.351. The van der Waals surface area contributed by atoms with Gasteiger partial charge in [0.2, 0.25) is 5.91 Å². The standard InChI is InChI=1S/C11H11BrFNOS/c1-6-2-8(12)9(13)4-10(6)14-5-7(16)3-11(14)15/h2,4,7,16H,3,5H2,1H3. The van der Waals surface area contributed by atoms with Crippen molar-refractivity contribution in [3.63, 3.8) is 0 Å². The number of hydrogen-bond donors (Lipinski definition) is 1. The molecule has 1 aromatic rings. The van der Waals surface area contributed by atoms with Crippen molar-refractivity contribution in [1.29, 1.82) is 0 Å². The van der Waals surface area contributed by atoms with Crippen molar-refractivity contribution in [2.75, 3.05) is 11.4 Å². The third-order valence-electron chi connectivity index (χ3n) is 2.63. The van der Waals surface area contributed by atoms with Gasteiger partial charge in [-0.2, -0.15) is 12.6 Å². The number of anilines is 1. The van der Waals surface area contributed by atoms with Crippen molar-refractivity contribution in [3.8, 4) is 0 Å². The van der Waals surface area contributed by atoms with Crippen molar-refractivity contribution >= 4 is 40.2 Å². The summed E-state index contributed by atoms with van der Waals surface area (Å²) in [5.41, 5.74) is 1.52. The summed E-state index contributed by atoms with van der Waals surface area (Å²) in [5.74, 6) is -0.346. The van der Waals surface area contributed by atoms with E-state index in [0.717, 1.165) is 5.56 Å². The second kappa shape index (κ2) is 4.37. The summed E-state index contributed by atoms with van der Waals surface area (Å²) in [4.78, 5) is 13.3. The number of amides is 1. The van der Waals surface area contributed by atoms with Crippen molar-refractivity contribution < 1.29 is 9.18 Å². The molecule has 0 bridgehead atoms. The van der Waals surface area contributed by atoms with E-state index in [1.54, 1.807) is 11.0 Å². The Morgan fingerprint density at radius 3 is 2.81 bits per heavy atom. The molecule has 1 atom stereocenters. The number of halogens is 2. The first-order chi connectivity index (χ1) is 7.49. The number of nitrogens with zero attached hydrogens (tertiary/aromatic N) is 1. The zero-order chi connectivity index (χ0) is 11.9. The molecule has 1 heterocycles. The molecule has 0 spiro atoms. The van der Waals surface area contributed by atoms with Gasteiger partial charge in [-0.25, -0.2) is 4.39 Å². The Balaban J connectivity index is 2.41. The van der Waals surface area contributed by atoms with E-state index in [9.17, 15) is 9.18 Å². The molecular formula is C11H11BrFNOS. The maximum Gasteiger partial charge on any atom is 0.228 e. The average Bonchev–Trinajstić information content (AvgIpc) is 2.51. The number of carbonyl (C=O) groups is 1. The van der Waals surface area contributed by atoms with E-state index < -0.39 is 0 Å². The molecule has 86 valence electrons. The molecule has 1 unspecified atom stereocenters. The molecule has 0 saturated carbocycles. The quantitative estimate of drug-likeness (QED) is 0.791. The van der Waals surface area contributed by atoms with E-state index in [2.05, 4.69) is 28.6 Å². The Morgan fingerprint density at radius 2 is 2.25 bits per heavy atom. The van der Waals surface area contributed by atoms with Gasteiger partial charge in [0.15, 0.2) is 0 Å². The van der Waals surface area contributed by atoms with Gasteiger partial charge in [0, 0.05) is 23.9 Å². The fourth-order valence-electron chi connectivity index (χ4n) is 1.85. The van der Waals surface area contributed by atoms with Gasteiger partial charge in [-0.1, -0.05) is 0 Å². The molecule has 0 aliphatic carbocycles. The number of aryl methyl sites for hydroxylation is 1. The maximum atomic E-state index is 13.4. The van der Waals surface area contributed by atoms with Crippen LogP contribution in [0.4, 0.5) is 10.1 Å². The van der Waals surface area contributed by atoms with Crippen LogP contribution >= 0.6 is 28.6 Å². The lowest BCUT2D eigenvalue weighted by Gasteiger charge is -2.19. The molecule has 2 rings (SSSR count). The van der Waals surface area contributed by atoms with Crippen LogP contribution in [0.15, 0.2) is 16.6 Å². The van der Waals surface area contributed by atoms with Crippen molar-refractivity contribution in [3.05, 3.63) is 28.0 Å². The Kier molecular flexibility index (Phi) is 3.26. The van der Waals surface area contributed by atoms with Gasteiger partial charge in [0.1, 0.15) is 5.82 Å². The number of thiol groups is 1. The van der Waals surface area contributed by atoms with Crippen LogP contribution in [0, 0.1) is 12.7 Å². The van der Waals surface area contributed by atoms with Crippen molar-refractivity contribution in [2.45, 2.75) is 18.6 Å². The number of benzene rings is 1. The van der Waals surface area contributed by atoms with Crippen LogP contribution in [0.25, 0.3) is 0 Å². The van der Waals surface area contributed by atoms with Gasteiger partial charge < -0.3 is 4.90 Å². The summed E-state index contributed by atoms with van der Waals surface area (Å²) in [6.07, 6.45) is 0.417. The van der Waals surface area contributed by atoms with Crippen LogP contribution in [0.3, 0.4) is 0 Å². The second-order valence-electron chi connectivity index (χ2n) is 3.92. The minimum absolute atomic E-state index is 0.00447. The third kappa shape index (κ3) is 2.11. The number of carbonyl (C=O) groups excluding carboxylic acids is 1. The van der Waals surface area contributed by atoms with Gasteiger partial charge in [-0.05, 0) is 40.5 Å². The predicted octanol–water partition coefficient (Wildman–Crippen LogP) is 2.93. The van der Waals surface area contributed by atoms with Crippen LogP contribution in [-0.4, -0.2) is 17.7 Å². The fraction of sp³-hybridized carbons (Fsp3) is 0.364. The van der Waals surface area contributed by atoms with Crippen LogP contribution < -0.4 is 4.90 Å². The summed E-state index contributed by atoms with van der Waals surface area (Å²) in [6, 6.07) is 3.08. The average molecular weight is 304 g/mol. The molecule has 0 N–H and O–H groups in total. The van der Waals surface area contributed by atoms with E-state index in [1.165, 1.54) is 6.07 Å². The van der Waals surface area contributed by atoms with Gasteiger partial charge in [-0.15, -0.1) is 0 Å². The lowest BCUT2D eigenvalue weighted by molar-refractivity contribution is -0.117. The first kappa shape index (κ1) is 11.9. The molecule has 0 aromatic heterocycles. The van der Waals surface area contributed by atoms with Gasteiger partial charge in [-0.3, -0.25) is 4.79 Å². The summed E-state index contributed by atoms with van der Waals surface area (Å²) in [6.45, 7) is 2.41. The smallest absolute Gasteiger partial charge is 0.228 e. The molecule has 1 aliphatic rings. The van der Waals surface area contributed by atoms with Gasteiger partial charge in [0.25, 0.3) is 0 Å². The lowest BCUT2D eigenvalue weighted by atomic mass is 10.2. The SMILES string of the molecule is Cc1cc(Br)c(F)cc1N1CC(S)CC1=O. The van der Waals surface area contributed by atoms with E-state index in [1.807, 2.05) is 6.92 Å². The molecule has 2 nitrogen and oxygen atoms in total. The molecule has 0 radical (unpaired) electrons. The highest BCUT2D eigenvalue weighted by atomic mass is 79.9.